The molecular weight excluding hydrogens is 416 g/mol. The van der Waals surface area contributed by atoms with Crippen LogP contribution in [0, 0.1) is 12.3 Å². The fourth-order valence-electron chi connectivity index (χ4n) is 3.22. The van der Waals surface area contributed by atoms with Gasteiger partial charge in [-0.3, -0.25) is 10.4 Å². The predicted octanol–water partition coefficient (Wildman–Crippen LogP) is 4.07. The number of ether oxygens (including phenoxy) is 2. The number of hydrogen-bond acceptors (Lipinski definition) is 7. The van der Waals surface area contributed by atoms with E-state index in [0.29, 0.717) is 46.8 Å². The van der Waals surface area contributed by atoms with E-state index in [1.165, 1.54) is 0 Å². The van der Waals surface area contributed by atoms with E-state index in [1.807, 2.05) is 49.4 Å². The molecule has 8 nitrogen and oxygen atoms in total. The van der Waals surface area contributed by atoms with Gasteiger partial charge < -0.3 is 15.2 Å². The van der Waals surface area contributed by atoms with Gasteiger partial charge in [0.2, 0.25) is 0 Å². The van der Waals surface area contributed by atoms with Crippen molar-refractivity contribution < 1.29 is 9.47 Å². The van der Waals surface area contributed by atoms with Gasteiger partial charge in [0.1, 0.15) is 11.7 Å². The number of dihydropyridines is 1. The van der Waals surface area contributed by atoms with Crippen LogP contribution in [-0.4, -0.2) is 41.9 Å². The molecule has 170 valence electrons. The minimum Gasteiger partial charge on any atom is -0.493 e. The Labute approximate surface area is 193 Å². The molecule has 3 rings (SSSR count). The van der Waals surface area contributed by atoms with Crippen LogP contribution in [0.4, 0.5) is 5.82 Å². The largest absolute Gasteiger partial charge is 0.493 e. The molecule has 1 aliphatic rings. The van der Waals surface area contributed by atoms with E-state index in [2.05, 4.69) is 20.0 Å². The van der Waals surface area contributed by atoms with E-state index in [1.54, 1.807) is 32.6 Å². The van der Waals surface area contributed by atoms with Crippen LogP contribution < -0.4 is 15.2 Å². The third kappa shape index (κ3) is 6.96. The predicted molar refractivity (Wildman–Crippen MR) is 132 cm³/mol. The number of nitrogens with zero attached hydrogens (tertiary/aromatic N) is 4. The van der Waals surface area contributed by atoms with Gasteiger partial charge >= 0.3 is 0 Å². The molecule has 0 aliphatic carbocycles. The first-order chi connectivity index (χ1) is 16.0. The molecule has 2 heterocycles. The lowest BCUT2D eigenvalue weighted by Gasteiger charge is -2.09. The second kappa shape index (κ2) is 11.5. The molecule has 0 fully saturated rings. The summed E-state index contributed by atoms with van der Waals surface area (Å²) in [7, 11) is 3.20. The van der Waals surface area contributed by atoms with E-state index < -0.39 is 0 Å². The summed E-state index contributed by atoms with van der Waals surface area (Å²) in [6.45, 7) is 1.84. The number of aryl methyl sites for hydroxylation is 2. The quantitative estimate of drug-likeness (QED) is 0.446. The number of nitrogens with two attached hydrogens (primary N) is 1. The van der Waals surface area contributed by atoms with Crippen molar-refractivity contribution in [2.24, 2.45) is 15.7 Å². The minimum absolute atomic E-state index is 0.404. The number of hydrogen-bond donors (Lipinski definition) is 2. The van der Waals surface area contributed by atoms with E-state index in [-0.39, 0.29) is 0 Å². The first kappa shape index (κ1) is 23.6. The Hall–Kier alpha value is -4.07. The van der Waals surface area contributed by atoms with Gasteiger partial charge in [-0.2, -0.15) is 0 Å². The van der Waals surface area contributed by atoms with Crippen LogP contribution in [0.1, 0.15) is 23.5 Å². The highest BCUT2D eigenvalue weighted by Gasteiger charge is 2.07. The monoisotopic (exact) mass is 444 g/mol. The molecule has 3 N–H and O–H groups in total. The fraction of sp³-hybridized carbons (Fsp3) is 0.240. The molecule has 8 heteroatoms. The van der Waals surface area contributed by atoms with Crippen molar-refractivity contribution in [2.45, 2.75) is 26.2 Å². The van der Waals surface area contributed by atoms with Crippen LogP contribution in [0.15, 0.2) is 70.3 Å². The van der Waals surface area contributed by atoms with Crippen LogP contribution in [-0.2, 0) is 12.8 Å². The lowest BCUT2D eigenvalue weighted by atomic mass is 10.1. The molecule has 0 bridgehead atoms. The van der Waals surface area contributed by atoms with Gasteiger partial charge in [-0.15, -0.1) is 0 Å². The number of benzene rings is 1. The zero-order chi connectivity index (χ0) is 23.6. The van der Waals surface area contributed by atoms with Crippen LogP contribution >= 0.6 is 0 Å². The van der Waals surface area contributed by atoms with Gasteiger partial charge in [-0.1, -0.05) is 18.2 Å². The summed E-state index contributed by atoms with van der Waals surface area (Å²) in [4.78, 5) is 17.6. The highest BCUT2D eigenvalue weighted by Crippen LogP contribution is 2.27. The third-order valence-corrected chi connectivity index (χ3v) is 4.76. The SMILES string of the molecule is COc1ccc(CC(N)=Nc2cc(CC/C=C/C=C3/N=CC=CC3=N)nc(C)n2)cc1OC. The summed E-state index contributed by atoms with van der Waals surface area (Å²) in [6.07, 6.45) is 12.9. The Bertz CT molecular complexity index is 1160. The number of aromatic nitrogens is 2. The molecule has 1 aromatic carbocycles. The Morgan fingerprint density at radius 2 is 1.97 bits per heavy atom. The Morgan fingerprint density at radius 3 is 2.73 bits per heavy atom. The second-order valence-electron chi connectivity index (χ2n) is 7.30. The van der Waals surface area contributed by atoms with Crippen LogP contribution in [0.3, 0.4) is 0 Å². The normalized spacial score (nSPS) is 14.9. The molecule has 0 saturated carbocycles. The lowest BCUT2D eigenvalue weighted by molar-refractivity contribution is 0.354. The molecule has 0 saturated heterocycles. The second-order valence-corrected chi connectivity index (χ2v) is 7.30. The Kier molecular flexibility index (Phi) is 8.24. The average Bonchev–Trinajstić information content (AvgIpc) is 2.79. The number of aliphatic imine (C=N–C) groups is 2. The summed E-state index contributed by atoms with van der Waals surface area (Å²) in [5.74, 6) is 2.95. The minimum atomic E-state index is 0.404. The highest BCUT2D eigenvalue weighted by atomic mass is 16.5. The fourth-order valence-corrected chi connectivity index (χ4v) is 3.22. The molecule has 1 aromatic heterocycles. The van der Waals surface area contributed by atoms with Crippen molar-refractivity contribution in [1.29, 1.82) is 5.41 Å². The van der Waals surface area contributed by atoms with Crippen molar-refractivity contribution >= 4 is 23.6 Å². The van der Waals surface area contributed by atoms with Crippen LogP contribution in [0.2, 0.25) is 0 Å². The smallest absolute Gasteiger partial charge is 0.161 e. The molecule has 2 aromatic rings. The number of amidine groups is 1. The summed E-state index contributed by atoms with van der Waals surface area (Å²) in [6, 6.07) is 7.51. The topological polar surface area (TPSA) is 119 Å². The molecule has 1 aliphatic heterocycles. The molecule has 0 amide bonds. The molecule has 33 heavy (non-hydrogen) atoms. The Balaban J connectivity index is 1.63. The summed E-state index contributed by atoms with van der Waals surface area (Å²) in [5, 5.41) is 7.82. The molecule has 0 spiro atoms. The molecule has 0 radical (unpaired) electrons. The first-order valence-corrected chi connectivity index (χ1v) is 10.5. The van der Waals surface area contributed by atoms with Crippen molar-refractivity contribution in [1.82, 2.24) is 9.97 Å². The van der Waals surface area contributed by atoms with Gasteiger partial charge in [-0.25, -0.2) is 15.0 Å². The molecule has 0 unspecified atom stereocenters. The van der Waals surface area contributed by atoms with Gasteiger partial charge in [0, 0.05) is 24.4 Å². The number of nitrogens with one attached hydrogen (secondary N) is 1. The van der Waals surface area contributed by atoms with E-state index in [4.69, 9.17) is 20.6 Å². The molecular formula is C25H28N6O2. The zero-order valence-electron chi connectivity index (χ0n) is 19.1. The maximum Gasteiger partial charge on any atom is 0.161 e. The number of methoxy groups -OCH3 is 2. The van der Waals surface area contributed by atoms with Crippen LogP contribution in [0.25, 0.3) is 0 Å². The van der Waals surface area contributed by atoms with Crippen molar-refractivity contribution in [2.75, 3.05) is 14.2 Å². The van der Waals surface area contributed by atoms with Gasteiger partial charge in [0.15, 0.2) is 17.3 Å². The summed E-state index contributed by atoms with van der Waals surface area (Å²) < 4.78 is 10.6. The average molecular weight is 445 g/mol. The van der Waals surface area contributed by atoms with Gasteiger partial charge in [-0.05, 0) is 55.7 Å². The van der Waals surface area contributed by atoms with Crippen molar-refractivity contribution in [3.05, 3.63) is 77.4 Å². The number of rotatable bonds is 9. The zero-order valence-corrected chi connectivity index (χ0v) is 19.1. The van der Waals surface area contributed by atoms with Crippen molar-refractivity contribution in [3.8, 4) is 11.5 Å². The van der Waals surface area contributed by atoms with Gasteiger partial charge in [0.25, 0.3) is 0 Å². The maximum absolute atomic E-state index is 7.82. The highest BCUT2D eigenvalue weighted by molar-refractivity contribution is 6.10. The summed E-state index contributed by atoms with van der Waals surface area (Å²) in [5.41, 5.74) is 9.09. The van der Waals surface area contributed by atoms with E-state index in [0.717, 1.165) is 24.1 Å². The number of allylic oxidation sites excluding steroid dienone is 5. The van der Waals surface area contributed by atoms with Crippen LogP contribution in [0.5, 0.6) is 11.5 Å². The standard InChI is InChI=1S/C25H28N6O2/c1-17-29-19(8-5-4-6-10-21-20(26)9-7-13-28-21)16-25(30-17)31-24(27)15-18-11-12-22(32-2)23(14-18)33-3/h4,6-7,9-14,16,26H,5,8,15H2,1-3H3,(H2,27,29,30,31)/b6-4+,21-10+,26-20?. The first-order valence-electron chi connectivity index (χ1n) is 10.5. The van der Waals surface area contributed by atoms with Gasteiger partial charge in [0.05, 0.1) is 25.6 Å². The summed E-state index contributed by atoms with van der Waals surface area (Å²) >= 11 is 0. The van der Waals surface area contributed by atoms with E-state index >= 15 is 0 Å². The third-order valence-electron chi connectivity index (χ3n) is 4.76. The van der Waals surface area contributed by atoms with E-state index in [9.17, 15) is 0 Å². The maximum atomic E-state index is 7.82. The Morgan fingerprint density at radius 1 is 1.15 bits per heavy atom. The van der Waals surface area contributed by atoms with Crippen molar-refractivity contribution in [3.63, 3.8) is 0 Å². The lowest BCUT2D eigenvalue weighted by Crippen LogP contribution is -2.15. The molecule has 0 atom stereocenters.